The van der Waals surface area contributed by atoms with Crippen molar-refractivity contribution in [2.24, 2.45) is 0 Å². The average molecular weight is 241 g/mol. The number of rotatable bonds is 4. The van der Waals surface area contributed by atoms with E-state index in [1.54, 1.807) is 11.4 Å². The molecule has 0 saturated heterocycles. The summed E-state index contributed by atoms with van der Waals surface area (Å²) in [5.41, 5.74) is 0.410. The number of hydrogen-bond acceptors (Lipinski definition) is 6. The number of hydrogen-bond donors (Lipinski definition) is 2. The van der Waals surface area contributed by atoms with Crippen LogP contribution in [-0.4, -0.2) is 29.4 Å². The molecule has 1 heterocycles. The monoisotopic (exact) mass is 241 g/mol. The summed E-state index contributed by atoms with van der Waals surface area (Å²) in [5, 5.41) is 29.0. The van der Waals surface area contributed by atoms with Crippen LogP contribution in [0, 0.1) is 11.3 Å². The van der Waals surface area contributed by atoms with Gasteiger partial charge in [0.1, 0.15) is 11.0 Å². The molecule has 0 aliphatic heterocycles. The molecule has 2 N–H and O–H groups in total. The van der Waals surface area contributed by atoms with E-state index in [1.165, 1.54) is 13.2 Å². The van der Waals surface area contributed by atoms with Crippen molar-refractivity contribution >= 4 is 17.3 Å². The third-order valence-electron chi connectivity index (χ3n) is 2.01. The van der Waals surface area contributed by atoms with Crippen molar-refractivity contribution in [1.29, 1.82) is 5.26 Å². The molecule has 5 nitrogen and oxygen atoms in total. The molecule has 2 unspecified atom stereocenters. The second kappa shape index (κ2) is 5.61. The minimum absolute atomic E-state index is 0.162. The van der Waals surface area contributed by atoms with Gasteiger partial charge in [-0.05, 0) is 17.0 Å². The Morgan fingerprint density at radius 3 is 2.94 bits per heavy atom. The predicted molar refractivity (Wildman–Crippen MR) is 56.9 cm³/mol. The lowest BCUT2D eigenvalue weighted by atomic mass is 10.1. The van der Waals surface area contributed by atoms with Crippen molar-refractivity contribution in [3.63, 3.8) is 0 Å². The zero-order chi connectivity index (χ0) is 12.1. The first kappa shape index (κ1) is 12.6. The number of methoxy groups -OCH3 is 1. The molecule has 0 amide bonds. The van der Waals surface area contributed by atoms with Gasteiger partial charge in [-0.2, -0.15) is 5.26 Å². The topological polar surface area (TPSA) is 90.6 Å². The van der Waals surface area contributed by atoms with Gasteiger partial charge < -0.3 is 14.9 Å². The molecule has 0 radical (unpaired) electrons. The van der Waals surface area contributed by atoms with E-state index in [1.807, 2.05) is 0 Å². The molecule has 0 aliphatic carbocycles. The van der Waals surface area contributed by atoms with Gasteiger partial charge in [-0.15, -0.1) is 11.3 Å². The summed E-state index contributed by atoms with van der Waals surface area (Å²) in [6, 6.07) is 3.21. The number of aliphatic hydroxyl groups excluding tert-OH is 2. The average Bonchev–Trinajstić information content (AvgIpc) is 2.76. The molecular weight excluding hydrogens is 230 g/mol. The molecule has 0 saturated carbocycles. The van der Waals surface area contributed by atoms with Gasteiger partial charge >= 0.3 is 5.97 Å². The van der Waals surface area contributed by atoms with Crippen LogP contribution in [0.1, 0.15) is 27.8 Å². The van der Waals surface area contributed by atoms with E-state index in [2.05, 4.69) is 4.74 Å². The fourth-order valence-corrected chi connectivity index (χ4v) is 2.00. The summed E-state index contributed by atoms with van der Waals surface area (Å²) < 4.78 is 4.51. The molecule has 0 fully saturated rings. The Hall–Kier alpha value is -1.42. The zero-order valence-electron chi connectivity index (χ0n) is 8.58. The SMILES string of the molecule is COC(=O)c1cc(C(O)C(O)CC#N)cs1. The van der Waals surface area contributed by atoms with Crippen molar-refractivity contribution in [1.82, 2.24) is 0 Å². The quantitative estimate of drug-likeness (QED) is 0.762. The van der Waals surface area contributed by atoms with Crippen LogP contribution in [0.2, 0.25) is 0 Å². The Balaban J connectivity index is 2.78. The van der Waals surface area contributed by atoms with Gasteiger partial charge in [0.05, 0.1) is 25.7 Å². The molecule has 1 rings (SSSR count). The number of ether oxygens (including phenoxy) is 1. The summed E-state index contributed by atoms with van der Waals surface area (Å²) in [4.78, 5) is 11.5. The highest BCUT2D eigenvalue weighted by molar-refractivity contribution is 7.12. The van der Waals surface area contributed by atoms with E-state index >= 15 is 0 Å². The number of carbonyl (C=O) groups excluding carboxylic acids is 1. The largest absolute Gasteiger partial charge is 0.465 e. The predicted octanol–water partition coefficient (Wildman–Crippen LogP) is 0.843. The third-order valence-corrected chi connectivity index (χ3v) is 2.94. The van der Waals surface area contributed by atoms with Crippen LogP contribution in [0.3, 0.4) is 0 Å². The second-order valence-corrected chi connectivity index (χ2v) is 4.02. The molecule has 16 heavy (non-hydrogen) atoms. The van der Waals surface area contributed by atoms with Crippen molar-refractivity contribution in [3.8, 4) is 6.07 Å². The number of nitriles is 1. The van der Waals surface area contributed by atoms with E-state index in [-0.39, 0.29) is 6.42 Å². The smallest absolute Gasteiger partial charge is 0.348 e. The van der Waals surface area contributed by atoms with Gasteiger partial charge in [0, 0.05) is 0 Å². The van der Waals surface area contributed by atoms with E-state index in [0.717, 1.165) is 11.3 Å². The fourth-order valence-electron chi connectivity index (χ4n) is 1.14. The lowest BCUT2D eigenvalue weighted by molar-refractivity contribution is 0.0218. The molecular formula is C10H11NO4S. The Kier molecular flexibility index (Phi) is 4.43. The number of aliphatic hydroxyl groups is 2. The highest BCUT2D eigenvalue weighted by atomic mass is 32.1. The Morgan fingerprint density at radius 1 is 1.69 bits per heavy atom. The maximum absolute atomic E-state index is 11.1. The fraction of sp³-hybridized carbons (Fsp3) is 0.400. The first-order chi connectivity index (χ1) is 7.60. The van der Waals surface area contributed by atoms with Crippen LogP contribution in [-0.2, 0) is 4.74 Å². The number of nitrogens with zero attached hydrogens (tertiary/aromatic N) is 1. The lowest BCUT2D eigenvalue weighted by Crippen LogP contribution is -2.16. The van der Waals surface area contributed by atoms with E-state index in [9.17, 15) is 15.0 Å². The van der Waals surface area contributed by atoms with Crippen molar-refractivity contribution < 1.29 is 19.7 Å². The highest BCUT2D eigenvalue weighted by Crippen LogP contribution is 2.24. The molecule has 0 aliphatic rings. The normalized spacial score (nSPS) is 13.9. The minimum atomic E-state index is -1.16. The lowest BCUT2D eigenvalue weighted by Gasteiger charge is -2.13. The van der Waals surface area contributed by atoms with Crippen molar-refractivity contribution in [2.75, 3.05) is 7.11 Å². The number of thiophene rings is 1. The summed E-state index contributed by atoms with van der Waals surface area (Å²) in [6.07, 6.45) is -2.47. The number of esters is 1. The molecule has 6 heteroatoms. The first-order valence-electron chi connectivity index (χ1n) is 4.50. The molecule has 1 aromatic rings. The van der Waals surface area contributed by atoms with E-state index < -0.39 is 18.2 Å². The summed E-state index contributed by atoms with van der Waals surface area (Å²) in [7, 11) is 1.27. The maximum atomic E-state index is 11.1. The van der Waals surface area contributed by atoms with Gasteiger partial charge in [-0.25, -0.2) is 4.79 Å². The van der Waals surface area contributed by atoms with Crippen LogP contribution in [0.5, 0.6) is 0 Å². The maximum Gasteiger partial charge on any atom is 0.348 e. The van der Waals surface area contributed by atoms with E-state index in [0.29, 0.717) is 10.4 Å². The van der Waals surface area contributed by atoms with Gasteiger partial charge in [0.2, 0.25) is 0 Å². The minimum Gasteiger partial charge on any atom is -0.465 e. The zero-order valence-corrected chi connectivity index (χ0v) is 9.40. The van der Waals surface area contributed by atoms with Crippen LogP contribution < -0.4 is 0 Å². The molecule has 2 atom stereocenters. The van der Waals surface area contributed by atoms with Gasteiger partial charge in [-0.3, -0.25) is 0 Å². The van der Waals surface area contributed by atoms with Gasteiger partial charge in [0.25, 0.3) is 0 Å². The third kappa shape index (κ3) is 2.79. The summed E-state index contributed by atoms with van der Waals surface area (Å²) in [6.45, 7) is 0. The van der Waals surface area contributed by atoms with Crippen LogP contribution >= 0.6 is 11.3 Å². The van der Waals surface area contributed by atoms with Crippen LogP contribution in [0.15, 0.2) is 11.4 Å². The van der Waals surface area contributed by atoms with Crippen LogP contribution in [0.4, 0.5) is 0 Å². The van der Waals surface area contributed by atoms with Gasteiger partial charge in [-0.1, -0.05) is 0 Å². The molecule has 0 bridgehead atoms. The Morgan fingerprint density at radius 2 is 2.38 bits per heavy atom. The van der Waals surface area contributed by atoms with E-state index in [4.69, 9.17) is 5.26 Å². The number of carbonyl (C=O) groups is 1. The second-order valence-electron chi connectivity index (χ2n) is 3.11. The van der Waals surface area contributed by atoms with Crippen molar-refractivity contribution in [3.05, 3.63) is 21.9 Å². The Bertz CT molecular complexity index is 409. The standard InChI is InChI=1S/C10H11NO4S/c1-15-10(14)8-4-6(5-16-8)9(13)7(12)2-3-11/h4-5,7,9,12-13H,2H2,1H3. The molecule has 1 aromatic heterocycles. The van der Waals surface area contributed by atoms with Gasteiger partial charge in [0.15, 0.2) is 0 Å². The molecule has 0 aromatic carbocycles. The van der Waals surface area contributed by atoms with Crippen LogP contribution in [0.25, 0.3) is 0 Å². The first-order valence-corrected chi connectivity index (χ1v) is 5.38. The molecule has 86 valence electrons. The molecule has 0 spiro atoms. The summed E-state index contributed by atoms with van der Waals surface area (Å²) in [5.74, 6) is -0.488. The summed E-state index contributed by atoms with van der Waals surface area (Å²) >= 11 is 1.12. The highest BCUT2D eigenvalue weighted by Gasteiger charge is 2.20. The Labute approximate surface area is 96.5 Å². The van der Waals surface area contributed by atoms with Crippen molar-refractivity contribution in [2.45, 2.75) is 18.6 Å².